The van der Waals surface area contributed by atoms with Gasteiger partial charge >= 0.3 is 5.56 Å². The highest BCUT2D eigenvalue weighted by Crippen LogP contribution is 2.19. The number of nitrogens with zero attached hydrogens (tertiary/aromatic N) is 4. The number of hydrogen-bond acceptors (Lipinski definition) is 4. The van der Waals surface area contributed by atoms with E-state index in [-0.39, 0.29) is 5.56 Å². The Morgan fingerprint density at radius 2 is 1.79 bits per heavy atom. The van der Waals surface area contributed by atoms with Gasteiger partial charge in [-0.15, -0.1) is 10.2 Å². The average Bonchev–Trinajstić information content (AvgIpc) is 2.90. The number of aryl methyl sites for hydroxylation is 2. The van der Waals surface area contributed by atoms with Gasteiger partial charge in [-0.25, -0.2) is 0 Å². The van der Waals surface area contributed by atoms with E-state index in [4.69, 9.17) is 0 Å². The van der Waals surface area contributed by atoms with E-state index in [1.54, 1.807) is 26.9 Å². The number of aromatic nitrogens is 4. The molecule has 1 aromatic carbocycles. The van der Waals surface area contributed by atoms with Crippen molar-refractivity contribution in [2.45, 2.75) is 39.3 Å². The van der Waals surface area contributed by atoms with Gasteiger partial charge in [0, 0.05) is 23.8 Å². The molecule has 0 spiro atoms. The summed E-state index contributed by atoms with van der Waals surface area (Å²) >= 11 is 1.64. The van der Waals surface area contributed by atoms with Crippen molar-refractivity contribution in [3.05, 3.63) is 52.1 Å². The molecule has 5 nitrogen and oxygen atoms in total. The molecule has 2 aromatic heterocycles. The number of fused-ring (bicyclic) bond motifs is 1. The third-order valence-corrected chi connectivity index (χ3v) is 4.83. The molecule has 0 saturated heterocycles. The monoisotopic (exact) mass is 342 g/mol. The first kappa shape index (κ1) is 16.8. The van der Waals surface area contributed by atoms with Gasteiger partial charge < -0.3 is 0 Å². The molecule has 3 aromatic rings. The Bertz CT molecular complexity index is 906. The summed E-state index contributed by atoms with van der Waals surface area (Å²) in [5, 5.41) is 9.06. The molecule has 2 heterocycles. The predicted molar refractivity (Wildman–Crippen MR) is 98.2 cm³/mol. The van der Waals surface area contributed by atoms with Gasteiger partial charge in [0.15, 0.2) is 5.16 Å². The molecule has 0 atom stereocenters. The van der Waals surface area contributed by atoms with Crippen LogP contribution >= 0.6 is 11.8 Å². The van der Waals surface area contributed by atoms with Crippen molar-refractivity contribution < 1.29 is 0 Å². The summed E-state index contributed by atoms with van der Waals surface area (Å²) in [7, 11) is 0. The van der Waals surface area contributed by atoms with Crippen molar-refractivity contribution in [2.75, 3.05) is 5.75 Å². The van der Waals surface area contributed by atoms with Crippen LogP contribution in [-0.2, 0) is 0 Å². The van der Waals surface area contributed by atoms with E-state index in [1.807, 2.05) is 32.2 Å². The summed E-state index contributed by atoms with van der Waals surface area (Å²) in [6, 6.07) is 6.09. The molecule has 0 aliphatic heterocycles. The normalized spacial score (nSPS) is 11.5. The van der Waals surface area contributed by atoms with Crippen LogP contribution in [0.15, 0.2) is 40.5 Å². The number of thioether (sulfide) groups is 1. The van der Waals surface area contributed by atoms with Crippen LogP contribution < -0.4 is 5.56 Å². The van der Waals surface area contributed by atoms with Crippen molar-refractivity contribution in [3.8, 4) is 5.69 Å². The van der Waals surface area contributed by atoms with Gasteiger partial charge in [0.25, 0.3) is 0 Å². The summed E-state index contributed by atoms with van der Waals surface area (Å²) in [5.41, 5.74) is 3.33. The van der Waals surface area contributed by atoms with E-state index in [9.17, 15) is 4.79 Å². The molecule has 0 amide bonds. The lowest BCUT2D eigenvalue weighted by Gasteiger charge is -2.09. The van der Waals surface area contributed by atoms with Gasteiger partial charge in [0.1, 0.15) is 0 Å². The second-order valence-electron chi connectivity index (χ2n) is 6.53. The first-order chi connectivity index (χ1) is 11.5. The van der Waals surface area contributed by atoms with Crippen LogP contribution in [0.2, 0.25) is 0 Å². The standard InChI is InChI=1S/C18H22N4OS/c1-12(2)5-8-24-18-20-19-16-17(23)21(6-7-22(16)18)15-10-13(3)9-14(4)11-15/h6-7,9-12H,5,8H2,1-4H3. The molecular weight excluding hydrogens is 320 g/mol. The minimum absolute atomic E-state index is 0.147. The quantitative estimate of drug-likeness (QED) is 0.664. The second-order valence-corrected chi connectivity index (χ2v) is 7.59. The van der Waals surface area contributed by atoms with Crippen molar-refractivity contribution in [3.63, 3.8) is 0 Å². The van der Waals surface area contributed by atoms with Crippen molar-refractivity contribution in [1.29, 1.82) is 0 Å². The number of rotatable bonds is 5. The fourth-order valence-electron chi connectivity index (χ4n) is 2.64. The predicted octanol–water partition coefficient (Wildman–Crippen LogP) is 3.64. The first-order valence-electron chi connectivity index (χ1n) is 8.13. The lowest BCUT2D eigenvalue weighted by atomic mass is 10.1. The lowest BCUT2D eigenvalue weighted by molar-refractivity contribution is 0.631. The van der Waals surface area contributed by atoms with Gasteiger partial charge in [0.05, 0.1) is 0 Å². The van der Waals surface area contributed by atoms with Gasteiger partial charge in [0.2, 0.25) is 5.65 Å². The summed E-state index contributed by atoms with van der Waals surface area (Å²) < 4.78 is 3.42. The highest BCUT2D eigenvalue weighted by Gasteiger charge is 2.12. The minimum atomic E-state index is -0.147. The van der Waals surface area contributed by atoms with E-state index in [0.717, 1.165) is 34.1 Å². The average molecular weight is 342 g/mol. The highest BCUT2D eigenvalue weighted by atomic mass is 32.2. The Morgan fingerprint density at radius 3 is 2.46 bits per heavy atom. The third-order valence-electron chi connectivity index (χ3n) is 3.85. The number of benzene rings is 1. The maximum Gasteiger partial charge on any atom is 0.300 e. The van der Waals surface area contributed by atoms with Crippen LogP contribution in [0.4, 0.5) is 0 Å². The van der Waals surface area contributed by atoms with E-state index >= 15 is 0 Å². The summed E-state index contributed by atoms with van der Waals surface area (Å²) in [6.45, 7) is 8.46. The molecule has 24 heavy (non-hydrogen) atoms. The first-order valence-corrected chi connectivity index (χ1v) is 9.12. The molecule has 0 fully saturated rings. The SMILES string of the molecule is Cc1cc(C)cc(-n2ccn3c(SCCC(C)C)nnc3c2=O)c1. The fraction of sp³-hybridized carbons (Fsp3) is 0.389. The summed E-state index contributed by atoms with van der Waals surface area (Å²) in [6.07, 6.45) is 4.77. The second kappa shape index (κ2) is 6.81. The molecule has 0 radical (unpaired) electrons. The van der Waals surface area contributed by atoms with Crippen molar-refractivity contribution in [1.82, 2.24) is 19.2 Å². The molecule has 0 bridgehead atoms. The van der Waals surface area contributed by atoms with Crippen LogP contribution in [0.25, 0.3) is 11.3 Å². The molecule has 0 aliphatic carbocycles. The molecular formula is C18H22N4OS. The van der Waals surface area contributed by atoms with Gasteiger partial charge in [-0.2, -0.15) is 0 Å². The molecule has 6 heteroatoms. The Balaban J connectivity index is 1.99. The van der Waals surface area contributed by atoms with Gasteiger partial charge in [-0.1, -0.05) is 31.7 Å². The lowest BCUT2D eigenvalue weighted by Crippen LogP contribution is -2.20. The summed E-state index contributed by atoms with van der Waals surface area (Å²) in [4.78, 5) is 12.8. The van der Waals surface area contributed by atoms with E-state index in [0.29, 0.717) is 11.6 Å². The maximum absolute atomic E-state index is 12.8. The van der Waals surface area contributed by atoms with Crippen LogP contribution in [0.3, 0.4) is 0 Å². The summed E-state index contributed by atoms with van der Waals surface area (Å²) in [5.74, 6) is 1.62. The van der Waals surface area contributed by atoms with Crippen LogP contribution in [0.5, 0.6) is 0 Å². The Labute approximate surface area is 145 Å². The zero-order valence-corrected chi connectivity index (χ0v) is 15.3. The molecule has 0 saturated carbocycles. The largest absolute Gasteiger partial charge is 0.300 e. The van der Waals surface area contributed by atoms with E-state index in [1.165, 1.54) is 0 Å². The van der Waals surface area contributed by atoms with E-state index < -0.39 is 0 Å². The third kappa shape index (κ3) is 3.38. The van der Waals surface area contributed by atoms with Gasteiger partial charge in [-0.05, 0) is 49.4 Å². The minimum Gasteiger partial charge on any atom is -0.280 e. The topological polar surface area (TPSA) is 52.2 Å². The Hall–Kier alpha value is -2.08. The number of hydrogen-bond donors (Lipinski definition) is 0. The smallest absolute Gasteiger partial charge is 0.280 e. The molecule has 0 N–H and O–H groups in total. The van der Waals surface area contributed by atoms with Crippen molar-refractivity contribution in [2.24, 2.45) is 5.92 Å². The van der Waals surface area contributed by atoms with Crippen LogP contribution in [0, 0.1) is 19.8 Å². The zero-order chi connectivity index (χ0) is 17.3. The molecule has 0 unspecified atom stereocenters. The Kier molecular flexibility index (Phi) is 4.76. The Morgan fingerprint density at radius 1 is 1.08 bits per heavy atom. The maximum atomic E-state index is 12.8. The molecule has 0 aliphatic rings. The molecule has 126 valence electrons. The zero-order valence-electron chi connectivity index (χ0n) is 14.5. The molecule has 3 rings (SSSR count). The fourth-order valence-corrected chi connectivity index (χ4v) is 3.80. The van der Waals surface area contributed by atoms with Crippen LogP contribution in [-0.4, -0.2) is 24.9 Å². The van der Waals surface area contributed by atoms with Gasteiger partial charge in [-0.3, -0.25) is 13.8 Å². The van der Waals surface area contributed by atoms with E-state index in [2.05, 4.69) is 30.1 Å². The van der Waals surface area contributed by atoms with Crippen molar-refractivity contribution >= 4 is 17.4 Å². The highest BCUT2D eigenvalue weighted by molar-refractivity contribution is 7.99. The van der Waals surface area contributed by atoms with Crippen LogP contribution in [0.1, 0.15) is 31.4 Å².